The Bertz CT molecular complexity index is 815. The van der Waals surface area contributed by atoms with Gasteiger partial charge in [-0.1, -0.05) is 30.0 Å². The number of amides is 1. The molecule has 0 bridgehead atoms. The maximum Gasteiger partial charge on any atom is 0.451 e. The van der Waals surface area contributed by atoms with Crippen LogP contribution in [0.1, 0.15) is 25.6 Å². The molecule has 10 heteroatoms. The minimum absolute atomic E-state index is 0.0922. The van der Waals surface area contributed by atoms with Gasteiger partial charge in [0.15, 0.2) is 0 Å². The fourth-order valence-electron chi connectivity index (χ4n) is 2.16. The van der Waals surface area contributed by atoms with Crippen molar-refractivity contribution in [2.75, 3.05) is 18.9 Å². The van der Waals surface area contributed by atoms with Crippen LogP contribution in [0.5, 0.6) is 0 Å². The van der Waals surface area contributed by atoms with Gasteiger partial charge in [-0.3, -0.25) is 9.59 Å². The van der Waals surface area contributed by atoms with E-state index in [1.165, 1.54) is 6.07 Å². The van der Waals surface area contributed by atoms with Crippen LogP contribution in [0.3, 0.4) is 0 Å². The van der Waals surface area contributed by atoms with Crippen molar-refractivity contribution in [3.8, 4) is 0 Å². The highest BCUT2D eigenvalue weighted by atomic mass is 32.2. The number of nitrogens with one attached hydrogen (secondary N) is 1. The predicted molar refractivity (Wildman–Crippen MR) is 94.1 cm³/mol. The molecule has 1 N–H and O–H groups in total. The molecule has 0 aliphatic rings. The maximum absolute atomic E-state index is 13.0. The third-order valence-corrected chi connectivity index (χ3v) is 4.34. The average Bonchev–Trinajstić information content (AvgIpc) is 2.62. The summed E-state index contributed by atoms with van der Waals surface area (Å²) in [7, 11) is 0. The van der Waals surface area contributed by atoms with Gasteiger partial charge in [-0.2, -0.15) is 13.2 Å². The Labute approximate surface area is 157 Å². The Balaban J connectivity index is 1.96. The van der Waals surface area contributed by atoms with Crippen LogP contribution in [0, 0.1) is 0 Å². The van der Waals surface area contributed by atoms with Crippen molar-refractivity contribution in [3.63, 3.8) is 0 Å². The number of nitrogens with zero attached hydrogens (tertiary/aromatic N) is 2. The number of para-hydroxylation sites is 1. The number of hydrogen-bond acceptors (Lipinski definition) is 6. The molecule has 0 aliphatic carbocycles. The number of aromatic nitrogens is 2. The highest BCUT2D eigenvalue weighted by Crippen LogP contribution is 2.31. The van der Waals surface area contributed by atoms with Crippen LogP contribution >= 0.6 is 11.8 Å². The van der Waals surface area contributed by atoms with E-state index in [0.29, 0.717) is 18.4 Å². The van der Waals surface area contributed by atoms with Crippen molar-refractivity contribution in [2.45, 2.75) is 31.0 Å². The number of alkyl halides is 3. The van der Waals surface area contributed by atoms with Gasteiger partial charge in [0.2, 0.25) is 11.7 Å². The van der Waals surface area contributed by atoms with E-state index in [1.54, 1.807) is 25.1 Å². The van der Waals surface area contributed by atoms with Crippen molar-refractivity contribution in [1.29, 1.82) is 0 Å². The second-order valence-corrected chi connectivity index (χ2v) is 6.38. The lowest BCUT2D eigenvalue weighted by molar-refractivity contribution is -0.145. The monoisotopic (exact) mass is 401 g/mol. The third-order valence-electron chi connectivity index (χ3n) is 3.35. The van der Waals surface area contributed by atoms with Crippen LogP contribution in [0.25, 0.3) is 10.9 Å². The van der Waals surface area contributed by atoms with E-state index in [1.807, 2.05) is 0 Å². The highest BCUT2D eigenvalue weighted by molar-refractivity contribution is 8.00. The Morgan fingerprint density at radius 3 is 2.67 bits per heavy atom. The molecule has 6 nitrogen and oxygen atoms in total. The fourth-order valence-corrected chi connectivity index (χ4v) is 3.01. The summed E-state index contributed by atoms with van der Waals surface area (Å²) in [5.74, 6) is -2.04. The molecule has 1 aromatic heterocycles. The first kappa shape index (κ1) is 20.9. The molecular weight excluding hydrogens is 383 g/mol. The number of fused-ring (bicyclic) bond motifs is 1. The summed E-state index contributed by atoms with van der Waals surface area (Å²) in [6.45, 7) is 2.28. The molecule has 0 unspecified atom stereocenters. The van der Waals surface area contributed by atoms with Crippen molar-refractivity contribution >= 4 is 34.5 Å². The molecular formula is C17H18F3N3O3S. The summed E-state index contributed by atoms with van der Waals surface area (Å²) >= 11 is 0.906. The lowest BCUT2D eigenvalue weighted by Gasteiger charge is -2.10. The molecule has 2 rings (SSSR count). The zero-order valence-electron chi connectivity index (χ0n) is 14.5. The van der Waals surface area contributed by atoms with Gasteiger partial charge >= 0.3 is 12.1 Å². The van der Waals surface area contributed by atoms with Gasteiger partial charge in [-0.05, 0) is 19.4 Å². The third kappa shape index (κ3) is 6.38. The quantitative estimate of drug-likeness (QED) is 0.317. The van der Waals surface area contributed by atoms with E-state index in [2.05, 4.69) is 15.3 Å². The number of hydrogen-bond donors (Lipinski definition) is 1. The number of esters is 1. The van der Waals surface area contributed by atoms with Crippen molar-refractivity contribution < 1.29 is 27.5 Å². The molecule has 27 heavy (non-hydrogen) atoms. The Morgan fingerprint density at radius 2 is 1.96 bits per heavy atom. The SMILES string of the molecule is CCOC(=O)CCCNC(=O)CSc1nc(C(F)(F)F)nc2ccccc12. The molecule has 1 aromatic carbocycles. The van der Waals surface area contributed by atoms with Gasteiger partial charge < -0.3 is 10.1 Å². The fraction of sp³-hybridized carbons (Fsp3) is 0.412. The van der Waals surface area contributed by atoms with E-state index in [0.717, 1.165) is 11.8 Å². The first-order chi connectivity index (χ1) is 12.8. The number of halogens is 3. The summed E-state index contributed by atoms with van der Waals surface area (Å²) in [5, 5.41) is 3.15. The van der Waals surface area contributed by atoms with Gasteiger partial charge in [0.05, 0.1) is 17.9 Å². The summed E-state index contributed by atoms with van der Waals surface area (Å²) in [5.41, 5.74) is 0.164. The van der Waals surface area contributed by atoms with E-state index < -0.39 is 12.0 Å². The van der Waals surface area contributed by atoms with Crippen LogP contribution in [-0.4, -0.2) is 40.7 Å². The van der Waals surface area contributed by atoms with Gasteiger partial charge in [-0.15, -0.1) is 0 Å². The van der Waals surface area contributed by atoms with Crippen LogP contribution in [0.2, 0.25) is 0 Å². The Morgan fingerprint density at radius 1 is 1.22 bits per heavy atom. The number of thioether (sulfide) groups is 1. The minimum atomic E-state index is -4.67. The molecule has 2 aromatic rings. The summed E-state index contributed by atoms with van der Waals surface area (Å²) in [6.07, 6.45) is -4.06. The molecule has 1 heterocycles. The minimum Gasteiger partial charge on any atom is -0.466 e. The largest absolute Gasteiger partial charge is 0.466 e. The smallest absolute Gasteiger partial charge is 0.451 e. The average molecular weight is 401 g/mol. The molecule has 0 fully saturated rings. The second-order valence-electron chi connectivity index (χ2n) is 5.41. The normalized spacial score (nSPS) is 11.4. The number of benzene rings is 1. The molecule has 0 atom stereocenters. The lowest BCUT2D eigenvalue weighted by Crippen LogP contribution is -2.26. The molecule has 0 radical (unpaired) electrons. The Hall–Kier alpha value is -2.36. The Kier molecular flexibility index (Phi) is 7.40. The zero-order valence-corrected chi connectivity index (χ0v) is 15.3. The standard InChI is InChI=1S/C17H18F3N3O3S/c1-2-26-14(25)8-5-9-21-13(24)10-27-15-11-6-3-4-7-12(11)22-16(23-15)17(18,19)20/h3-4,6-7H,2,5,8-10H2,1H3,(H,21,24). The lowest BCUT2D eigenvalue weighted by atomic mass is 10.2. The maximum atomic E-state index is 13.0. The molecule has 0 spiro atoms. The van der Waals surface area contributed by atoms with Crippen LogP contribution in [-0.2, 0) is 20.5 Å². The number of ether oxygens (including phenoxy) is 1. The zero-order chi connectivity index (χ0) is 19.9. The molecule has 0 saturated heterocycles. The number of carbonyl (C=O) groups excluding carboxylic acids is 2. The summed E-state index contributed by atoms with van der Waals surface area (Å²) in [4.78, 5) is 30.2. The van der Waals surface area contributed by atoms with Crippen LogP contribution in [0.15, 0.2) is 29.3 Å². The van der Waals surface area contributed by atoms with Crippen molar-refractivity contribution in [3.05, 3.63) is 30.1 Å². The summed E-state index contributed by atoms with van der Waals surface area (Å²) < 4.78 is 43.7. The van der Waals surface area contributed by atoms with E-state index in [9.17, 15) is 22.8 Å². The number of carbonyl (C=O) groups is 2. The number of rotatable bonds is 8. The van der Waals surface area contributed by atoms with E-state index in [-0.39, 0.29) is 41.1 Å². The van der Waals surface area contributed by atoms with Crippen molar-refractivity contribution in [1.82, 2.24) is 15.3 Å². The molecule has 1 amide bonds. The predicted octanol–water partition coefficient (Wildman–Crippen LogP) is 3.20. The van der Waals surface area contributed by atoms with Gasteiger partial charge in [0.25, 0.3) is 0 Å². The second kappa shape index (κ2) is 9.54. The molecule has 146 valence electrons. The summed E-state index contributed by atoms with van der Waals surface area (Å²) in [6, 6.07) is 6.32. The van der Waals surface area contributed by atoms with Crippen molar-refractivity contribution in [2.24, 2.45) is 0 Å². The molecule has 0 aliphatic heterocycles. The van der Waals surface area contributed by atoms with Crippen LogP contribution in [0.4, 0.5) is 13.2 Å². The van der Waals surface area contributed by atoms with Crippen LogP contribution < -0.4 is 5.32 Å². The topological polar surface area (TPSA) is 81.2 Å². The molecule has 0 saturated carbocycles. The van der Waals surface area contributed by atoms with Gasteiger partial charge in [0.1, 0.15) is 5.03 Å². The van der Waals surface area contributed by atoms with E-state index in [4.69, 9.17) is 4.74 Å². The van der Waals surface area contributed by atoms with Gasteiger partial charge in [-0.25, -0.2) is 9.97 Å². The van der Waals surface area contributed by atoms with E-state index >= 15 is 0 Å². The first-order valence-corrected chi connectivity index (χ1v) is 9.19. The highest BCUT2D eigenvalue weighted by Gasteiger charge is 2.35. The first-order valence-electron chi connectivity index (χ1n) is 8.20. The van der Waals surface area contributed by atoms with Gasteiger partial charge in [0, 0.05) is 18.4 Å².